The van der Waals surface area contributed by atoms with Crippen LogP contribution in [0.4, 0.5) is 9.18 Å². The summed E-state index contributed by atoms with van der Waals surface area (Å²) in [6.45, 7) is 6.16. The summed E-state index contributed by atoms with van der Waals surface area (Å²) in [4.78, 5) is 18.0. The number of benzene rings is 2. The van der Waals surface area contributed by atoms with Crippen LogP contribution in [0, 0.1) is 5.92 Å². The number of hydrazone groups is 1. The first-order valence-electron chi connectivity index (χ1n) is 14.6. The molecule has 2 amide bonds. The second-order valence-corrected chi connectivity index (χ2v) is 11.0. The number of hydrogen-bond acceptors (Lipinski definition) is 7. The molecule has 1 aliphatic heterocycles. The first kappa shape index (κ1) is 30.0. The molecule has 10 heteroatoms. The number of carbonyl (C=O) groups is 1. The number of nitrogens with zero attached hydrogens (tertiary/aromatic N) is 3. The number of primary amides is 1. The third kappa shape index (κ3) is 7.14. The number of carbonyl (C=O) groups excluding carboxylic acids is 1. The Labute approximate surface area is 251 Å². The van der Waals surface area contributed by atoms with Gasteiger partial charge in [0.25, 0.3) is 0 Å². The van der Waals surface area contributed by atoms with Gasteiger partial charge in [-0.3, -0.25) is 4.98 Å². The zero-order chi connectivity index (χ0) is 30.2. The number of aromatic nitrogens is 1. The molecular weight excluding hydrogens is 549 g/mol. The maximum Gasteiger partial charge on any atom is 0.332 e. The molecule has 1 fully saturated rings. The number of rotatable bonds is 11. The molecule has 0 bridgehead atoms. The predicted octanol–water partition coefficient (Wildman–Crippen LogP) is 5.51. The summed E-state index contributed by atoms with van der Waals surface area (Å²) in [7, 11) is 1.59. The molecule has 226 valence electrons. The first-order chi connectivity index (χ1) is 20.9. The number of piperidine rings is 1. The fraction of sp³-hybridized carbons (Fsp3) is 0.364. The van der Waals surface area contributed by atoms with Crippen molar-refractivity contribution in [2.45, 2.75) is 38.0 Å². The predicted molar refractivity (Wildman–Crippen MR) is 165 cm³/mol. The summed E-state index contributed by atoms with van der Waals surface area (Å²) in [6, 6.07) is 13.7. The third-order valence-electron chi connectivity index (χ3n) is 7.90. The van der Waals surface area contributed by atoms with Crippen LogP contribution in [0.2, 0.25) is 0 Å². The zero-order valence-electron chi connectivity index (χ0n) is 24.5. The Kier molecular flexibility index (Phi) is 9.56. The summed E-state index contributed by atoms with van der Waals surface area (Å²) in [5.41, 5.74) is 7.42. The van der Waals surface area contributed by atoms with Crippen molar-refractivity contribution in [3.05, 3.63) is 84.1 Å². The lowest BCUT2D eigenvalue weighted by Crippen LogP contribution is -2.41. The van der Waals surface area contributed by atoms with E-state index >= 15 is 4.39 Å². The van der Waals surface area contributed by atoms with Crippen LogP contribution in [0.15, 0.2) is 83.6 Å². The molecule has 1 aliphatic carbocycles. The normalized spacial score (nSPS) is 21.1. The number of amides is 2. The highest BCUT2D eigenvalue weighted by Gasteiger charge is 2.42. The van der Waals surface area contributed by atoms with Gasteiger partial charge in [-0.25, -0.2) is 14.6 Å². The highest BCUT2D eigenvalue weighted by atomic mass is 19.1. The molecule has 0 saturated carbocycles. The third-order valence-corrected chi connectivity index (χ3v) is 7.90. The van der Waals surface area contributed by atoms with E-state index < -0.39 is 17.8 Å². The van der Waals surface area contributed by atoms with Gasteiger partial charge >= 0.3 is 6.03 Å². The number of likely N-dealkylation sites (tertiary alicyclic amines) is 1. The maximum atomic E-state index is 16.2. The molecule has 43 heavy (non-hydrogen) atoms. The van der Waals surface area contributed by atoms with Crippen LogP contribution in [-0.2, 0) is 5.60 Å². The van der Waals surface area contributed by atoms with Crippen LogP contribution in [0.1, 0.15) is 31.7 Å². The summed E-state index contributed by atoms with van der Waals surface area (Å²) >= 11 is 0. The molecule has 5 rings (SSSR count). The summed E-state index contributed by atoms with van der Waals surface area (Å²) in [5.74, 6) is 2.39. The first-order valence-corrected chi connectivity index (χ1v) is 14.6. The van der Waals surface area contributed by atoms with Crippen molar-refractivity contribution < 1.29 is 23.4 Å². The fourth-order valence-corrected chi connectivity index (χ4v) is 5.45. The molecule has 2 aromatic carbocycles. The molecule has 2 atom stereocenters. The number of fused-ring (bicyclic) bond motifs is 1. The van der Waals surface area contributed by atoms with Gasteiger partial charge in [0.1, 0.15) is 5.75 Å². The van der Waals surface area contributed by atoms with E-state index in [0.717, 1.165) is 32.0 Å². The minimum atomic E-state index is -1.59. The van der Waals surface area contributed by atoms with Crippen LogP contribution in [0.25, 0.3) is 10.9 Å². The second-order valence-electron chi connectivity index (χ2n) is 11.0. The van der Waals surface area contributed by atoms with Gasteiger partial charge in [-0.1, -0.05) is 43.3 Å². The number of methoxy groups -OCH3 is 1. The number of nitrogens with one attached hydrogen (secondary N) is 1. The second kappa shape index (κ2) is 13.7. The van der Waals surface area contributed by atoms with Crippen LogP contribution in [0.5, 0.6) is 17.2 Å². The van der Waals surface area contributed by atoms with E-state index in [4.69, 9.17) is 19.9 Å². The molecule has 0 spiro atoms. The van der Waals surface area contributed by atoms with E-state index in [1.165, 1.54) is 25.1 Å². The molecule has 0 radical (unpaired) electrons. The number of allylic oxidation sites excluding steroid dienone is 2. The number of urea groups is 1. The summed E-state index contributed by atoms with van der Waals surface area (Å²) < 4.78 is 34.6. The number of ether oxygens (including phenoxy) is 3. The monoisotopic (exact) mass is 587 g/mol. The van der Waals surface area contributed by atoms with Gasteiger partial charge in [0.05, 0.1) is 25.4 Å². The Morgan fingerprint density at radius 1 is 1.19 bits per heavy atom. The number of pyridine rings is 1. The van der Waals surface area contributed by atoms with E-state index in [0.29, 0.717) is 45.9 Å². The van der Waals surface area contributed by atoms with E-state index in [9.17, 15) is 4.79 Å². The average molecular weight is 588 g/mol. The van der Waals surface area contributed by atoms with E-state index in [1.807, 2.05) is 42.5 Å². The lowest BCUT2D eigenvalue weighted by atomic mass is 9.83. The Morgan fingerprint density at radius 2 is 1.98 bits per heavy atom. The standard InChI is InChI=1S/C33H38FN5O4/c1-23-11-16-39(17-12-23)15-6-18-42-30-21-27-26(20-29(30)41-2)28(10-14-36-27)43-33(25-7-4-3-5-8-25)13-9-24(19-31(33)34)22-37-38-32(35)40/h3-5,7-10,13-14,19-23,31H,6,11-12,15-18H2,1-2H3,(H3,35,38,40). The lowest BCUT2D eigenvalue weighted by molar-refractivity contribution is 0.0500. The highest BCUT2D eigenvalue weighted by molar-refractivity contribution is 5.88. The Balaban J connectivity index is 1.38. The Hall–Kier alpha value is -4.44. The van der Waals surface area contributed by atoms with Crippen LogP contribution in [0.3, 0.4) is 0 Å². The van der Waals surface area contributed by atoms with Gasteiger partial charge in [-0.15, -0.1) is 0 Å². The van der Waals surface area contributed by atoms with Crippen molar-refractivity contribution >= 4 is 23.1 Å². The lowest BCUT2D eigenvalue weighted by Gasteiger charge is -2.36. The van der Waals surface area contributed by atoms with E-state index in [2.05, 4.69) is 27.3 Å². The molecule has 3 aromatic rings. The smallest absolute Gasteiger partial charge is 0.332 e. The topological polar surface area (TPSA) is 111 Å². The van der Waals surface area contributed by atoms with Gasteiger partial charge < -0.3 is 24.8 Å². The number of alkyl halides is 1. The molecule has 1 aromatic heterocycles. The van der Waals surface area contributed by atoms with Gasteiger partial charge in [0.2, 0.25) is 0 Å². The van der Waals surface area contributed by atoms with E-state index in [-0.39, 0.29) is 0 Å². The Bertz CT molecular complexity index is 1500. The van der Waals surface area contributed by atoms with Gasteiger partial charge in [-0.05, 0) is 68.1 Å². The fourth-order valence-electron chi connectivity index (χ4n) is 5.45. The molecule has 3 N–H and O–H groups in total. The molecule has 1 saturated heterocycles. The SMILES string of the molecule is COc1cc2c(OC3(c4ccccc4)C=CC(C=NNC(N)=O)=CC3F)ccnc2cc1OCCCN1CCC(C)CC1. The van der Waals surface area contributed by atoms with Crippen LogP contribution in [-0.4, -0.2) is 61.7 Å². The Morgan fingerprint density at radius 3 is 2.70 bits per heavy atom. The van der Waals surface area contributed by atoms with Gasteiger partial charge in [0, 0.05) is 29.8 Å². The zero-order valence-corrected chi connectivity index (χ0v) is 24.5. The van der Waals surface area contributed by atoms with Crippen molar-refractivity contribution in [3.8, 4) is 17.2 Å². The maximum absolute atomic E-state index is 16.2. The molecular formula is C33H38FN5O4. The summed E-state index contributed by atoms with van der Waals surface area (Å²) in [6.07, 6.45) is 9.51. The molecule has 2 heterocycles. The van der Waals surface area contributed by atoms with Crippen molar-refractivity contribution in [1.82, 2.24) is 15.3 Å². The van der Waals surface area contributed by atoms with Gasteiger partial charge in [0.15, 0.2) is 23.3 Å². The van der Waals surface area contributed by atoms with E-state index in [1.54, 1.807) is 31.5 Å². The number of hydrogen-bond donors (Lipinski definition) is 2. The summed E-state index contributed by atoms with van der Waals surface area (Å²) in [5, 5.41) is 4.40. The van der Waals surface area contributed by atoms with Crippen molar-refractivity contribution in [2.24, 2.45) is 16.8 Å². The van der Waals surface area contributed by atoms with Crippen molar-refractivity contribution in [1.29, 1.82) is 0 Å². The van der Waals surface area contributed by atoms with Crippen molar-refractivity contribution in [2.75, 3.05) is 33.4 Å². The minimum absolute atomic E-state index is 0.436. The van der Waals surface area contributed by atoms with Crippen LogP contribution >= 0.6 is 0 Å². The van der Waals surface area contributed by atoms with Crippen molar-refractivity contribution in [3.63, 3.8) is 0 Å². The molecule has 2 unspecified atom stereocenters. The van der Waals surface area contributed by atoms with Gasteiger partial charge in [-0.2, -0.15) is 5.10 Å². The molecule has 2 aliphatic rings. The van der Waals surface area contributed by atoms with Crippen LogP contribution < -0.4 is 25.4 Å². The molecule has 9 nitrogen and oxygen atoms in total. The number of halogens is 1. The number of nitrogens with two attached hydrogens (primary N) is 1. The largest absolute Gasteiger partial charge is 0.493 e. The average Bonchev–Trinajstić information content (AvgIpc) is 3.01. The highest BCUT2D eigenvalue weighted by Crippen LogP contribution is 2.42. The quantitative estimate of drug-likeness (QED) is 0.174. The minimum Gasteiger partial charge on any atom is -0.493 e.